The van der Waals surface area contributed by atoms with Crippen LogP contribution in [0.25, 0.3) is 0 Å². The van der Waals surface area contributed by atoms with E-state index < -0.39 is 0 Å². The average Bonchev–Trinajstić information content (AvgIpc) is 2.50. The second-order valence-corrected chi connectivity index (χ2v) is 4.81. The number of hydrogen-bond donors (Lipinski definition) is 2. The molecule has 0 aromatic carbocycles. The zero-order valence-corrected chi connectivity index (χ0v) is 12.6. The van der Waals surface area contributed by atoms with Crippen LogP contribution in [-0.2, 0) is 0 Å². The van der Waals surface area contributed by atoms with Crippen LogP contribution in [0.4, 0.5) is 5.82 Å². The number of rotatable bonds is 6. The third-order valence-electron chi connectivity index (χ3n) is 3.29. The highest BCUT2D eigenvalue weighted by atomic mass is 16.5. The SMILES string of the molecule is CCCNC(c1ccc(OC)nn1)c1c(C)ccnc1N. The summed E-state index contributed by atoms with van der Waals surface area (Å²) in [6.07, 6.45) is 2.73. The molecule has 0 saturated heterocycles. The Kier molecular flexibility index (Phi) is 5.05. The molecule has 0 amide bonds. The number of hydrogen-bond acceptors (Lipinski definition) is 6. The summed E-state index contributed by atoms with van der Waals surface area (Å²) in [4.78, 5) is 4.19. The first kappa shape index (κ1) is 15.2. The Morgan fingerprint density at radius 3 is 2.67 bits per heavy atom. The van der Waals surface area contributed by atoms with Gasteiger partial charge in [0.2, 0.25) is 5.88 Å². The number of aromatic nitrogens is 3. The summed E-state index contributed by atoms with van der Waals surface area (Å²) < 4.78 is 5.05. The van der Waals surface area contributed by atoms with E-state index in [9.17, 15) is 0 Å². The fourth-order valence-corrected chi connectivity index (χ4v) is 2.20. The van der Waals surface area contributed by atoms with Crippen molar-refractivity contribution in [1.29, 1.82) is 0 Å². The summed E-state index contributed by atoms with van der Waals surface area (Å²) >= 11 is 0. The first-order valence-electron chi connectivity index (χ1n) is 6.99. The molecule has 2 rings (SSSR count). The van der Waals surface area contributed by atoms with Crippen LogP contribution in [0, 0.1) is 6.92 Å². The molecular formula is C15H21N5O. The van der Waals surface area contributed by atoms with Gasteiger partial charge in [-0.3, -0.25) is 0 Å². The summed E-state index contributed by atoms with van der Waals surface area (Å²) in [6, 6.07) is 5.51. The number of ether oxygens (including phenoxy) is 1. The predicted octanol–water partition coefficient (Wildman–Crippen LogP) is 1.86. The Morgan fingerprint density at radius 1 is 1.29 bits per heavy atom. The number of nitrogens with zero attached hydrogens (tertiary/aromatic N) is 3. The molecule has 0 spiro atoms. The van der Waals surface area contributed by atoms with Crippen molar-refractivity contribution in [2.75, 3.05) is 19.4 Å². The lowest BCUT2D eigenvalue weighted by Crippen LogP contribution is -2.26. The van der Waals surface area contributed by atoms with Crippen LogP contribution in [0.1, 0.15) is 36.2 Å². The maximum atomic E-state index is 6.06. The zero-order valence-electron chi connectivity index (χ0n) is 12.6. The van der Waals surface area contributed by atoms with Crippen LogP contribution in [0.5, 0.6) is 5.88 Å². The second kappa shape index (κ2) is 6.99. The Morgan fingerprint density at radius 2 is 2.10 bits per heavy atom. The molecule has 0 aliphatic rings. The fourth-order valence-electron chi connectivity index (χ4n) is 2.20. The second-order valence-electron chi connectivity index (χ2n) is 4.81. The number of nitrogens with one attached hydrogen (secondary N) is 1. The molecule has 2 aromatic rings. The summed E-state index contributed by atoms with van der Waals surface area (Å²) in [5, 5.41) is 11.7. The van der Waals surface area contributed by atoms with Crippen LogP contribution >= 0.6 is 0 Å². The molecule has 2 heterocycles. The highest BCUT2D eigenvalue weighted by Crippen LogP contribution is 2.27. The third-order valence-corrected chi connectivity index (χ3v) is 3.29. The van der Waals surface area contributed by atoms with Gasteiger partial charge in [-0.2, -0.15) is 0 Å². The molecule has 2 aromatic heterocycles. The van der Waals surface area contributed by atoms with E-state index in [4.69, 9.17) is 10.5 Å². The molecule has 3 N–H and O–H groups in total. The van der Waals surface area contributed by atoms with Crippen LogP contribution in [0.15, 0.2) is 24.4 Å². The quantitative estimate of drug-likeness (QED) is 0.843. The minimum absolute atomic E-state index is 0.128. The summed E-state index contributed by atoms with van der Waals surface area (Å²) in [6.45, 7) is 4.99. The number of nitrogens with two attached hydrogens (primary N) is 1. The standard InChI is InChI=1S/C15H21N5O/c1-4-8-17-14(11-5-6-12(21-3)20-19-11)13-10(2)7-9-18-15(13)16/h5-7,9,14,17H,4,8H2,1-3H3,(H2,16,18). The number of aryl methyl sites for hydroxylation is 1. The lowest BCUT2D eigenvalue weighted by molar-refractivity contribution is 0.390. The number of pyridine rings is 1. The van der Waals surface area contributed by atoms with Crippen molar-refractivity contribution in [2.45, 2.75) is 26.3 Å². The van der Waals surface area contributed by atoms with E-state index in [2.05, 4.69) is 27.4 Å². The average molecular weight is 287 g/mol. The van der Waals surface area contributed by atoms with E-state index in [0.29, 0.717) is 11.7 Å². The van der Waals surface area contributed by atoms with E-state index >= 15 is 0 Å². The molecule has 0 aliphatic heterocycles. The normalized spacial score (nSPS) is 12.1. The molecule has 0 radical (unpaired) electrons. The molecule has 0 bridgehead atoms. The maximum Gasteiger partial charge on any atom is 0.233 e. The van der Waals surface area contributed by atoms with Gasteiger partial charge in [0.15, 0.2) is 0 Å². The Labute approximate surface area is 124 Å². The van der Waals surface area contributed by atoms with Gasteiger partial charge >= 0.3 is 0 Å². The number of nitrogen functional groups attached to an aromatic ring is 1. The monoisotopic (exact) mass is 287 g/mol. The van der Waals surface area contributed by atoms with Crippen LogP contribution in [0.2, 0.25) is 0 Å². The van der Waals surface area contributed by atoms with Crippen molar-refractivity contribution in [1.82, 2.24) is 20.5 Å². The van der Waals surface area contributed by atoms with Crippen molar-refractivity contribution in [3.8, 4) is 5.88 Å². The van der Waals surface area contributed by atoms with Gasteiger partial charge in [-0.25, -0.2) is 4.98 Å². The fraction of sp³-hybridized carbons (Fsp3) is 0.400. The molecule has 0 aliphatic carbocycles. The number of anilines is 1. The van der Waals surface area contributed by atoms with Crippen molar-refractivity contribution in [3.63, 3.8) is 0 Å². The highest BCUT2D eigenvalue weighted by molar-refractivity contribution is 5.48. The van der Waals surface area contributed by atoms with Crippen molar-refractivity contribution < 1.29 is 4.74 Å². The number of methoxy groups -OCH3 is 1. The molecule has 112 valence electrons. The Balaban J connectivity index is 2.41. The van der Waals surface area contributed by atoms with E-state index in [0.717, 1.165) is 29.8 Å². The Bertz CT molecular complexity index is 565. The molecule has 0 fully saturated rings. The van der Waals surface area contributed by atoms with E-state index in [1.54, 1.807) is 19.4 Å². The minimum Gasteiger partial charge on any atom is -0.480 e. The van der Waals surface area contributed by atoms with Crippen molar-refractivity contribution >= 4 is 5.82 Å². The van der Waals surface area contributed by atoms with Gasteiger partial charge in [-0.1, -0.05) is 6.92 Å². The molecule has 6 heteroatoms. The summed E-state index contributed by atoms with van der Waals surface area (Å²) in [5.74, 6) is 1.00. The van der Waals surface area contributed by atoms with E-state index in [1.165, 1.54) is 0 Å². The lowest BCUT2D eigenvalue weighted by atomic mass is 9.99. The van der Waals surface area contributed by atoms with Gasteiger partial charge in [0.1, 0.15) is 5.82 Å². The third kappa shape index (κ3) is 3.46. The first-order valence-corrected chi connectivity index (χ1v) is 6.99. The van der Waals surface area contributed by atoms with Gasteiger partial charge in [0.05, 0.1) is 18.8 Å². The van der Waals surface area contributed by atoms with Gasteiger partial charge in [0.25, 0.3) is 0 Å². The van der Waals surface area contributed by atoms with Gasteiger partial charge in [-0.05, 0) is 37.6 Å². The highest BCUT2D eigenvalue weighted by Gasteiger charge is 2.20. The topological polar surface area (TPSA) is 86.0 Å². The van der Waals surface area contributed by atoms with Crippen LogP contribution in [-0.4, -0.2) is 28.8 Å². The van der Waals surface area contributed by atoms with Crippen LogP contribution in [0.3, 0.4) is 0 Å². The van der Waals surface area contributed by atoms with Gasteiger partial charge in [-0.15, -0.1) is 10.2 Å². The van der Waals surface area contributed by atoms with Crippen molar-refractivity contribution in [3.05, 3.63) is 41.2 Å². The first-order chi connectivity index (χ1) is 10.2. The zero-order chi connectivity index (χ0) is 15.2. The smallest absolute Gasteiger partial charge is 0.233 e. The van der Waals surface area contributed by atoms with E-state index in [1.807, 2.05) is 19.1 Å². The van der Waals surface area contributed by atoms with Crippen LogP contribution < -0.4 is 15.8 Å². The van der Waals surface area contributed by atoms with E-state index in [-0.39, 0.29) is 6.04 Å². The van der Waals surface area contributed by atoms with Crippen molar-refractivity contribution in [2.24, 2.45) is 0 Å². The molecule has 1 atom stereocenters. The lowest BCUT2D eigenvalue weighted by Gasteiger charge is -2.21. The minimum atomic E-state index is -0.128. The maximum absolute atomic E-state index is 6.06. The molecular weight excluding hydrogens is 266 g/mol. The Hall–Kier alpha value is -2.21. The van der Waals surface area contributed by atoms with Gasteiger partial charge < -0.3 is 15.8 Å². The molecule has 21 heavy (non-hydrogen) atoms. The molecule has 1 unspecified atom stereocenters. The summed E-state index contributed by atoms with van der Waals surface area (Å²) in [5.41, 5.74) is 8.89. The largest absolute Gasteiger partial charge is 0.480 e. The predicted molar refractivity (Wildman–Crippen MR) is 82.1 cm³/mol. The molecule has 0 saturated carbocycles. The molecule has 6 nitrogen and oxygen atoms in total. The summed E-state index contributed by atoms with van der Waals surface area (Å²) in [7, 11) is 1.57. The van der Waals surface area contributed by atoms with Gasteiger partial charge in [0, 0.05) is 17.8 Å².